The Morgan fingerprint density at radius 2 is 1.93 bits per heavy atom. The molecule has 0 aromatic rings. The van der Waals surface area contributed by atoms with Gasteiger partial charge in [0.05, 0.1) is 18.5 Å². The minimum atomic E-state index is 0.337. The number of amidine groups is 1. The first-order valence-electron chi connectivity index (χ1n) is 5.77. The van der Waals surface area contributed by atoms with Crippen LogP contribution in [-0.2, 0) is 4.74 Å². The molecule has 0 bridgehead atoms. The molecule has 0 radical (unpaired) electrons. The standard InChI is InChI=1S/C11H20N2O/c12-11(9-4-1-2-5-9)13-10-6-3-7-14-8-10/h9-10H,1-8H2,(H2,12,13). The van der Waals surface area contributed by atoms with Crippen LogP contribution in [0.25, 0.3) is 0 Å². The Hall–Kier alpha value is -0.570. The minimum Gasteiger partial charge on any atom is -0.387 e. The van der Waals surface area contributed by atoms with E-state index in [9.17, 15) is 0 Å². The van der Waals surface area contributed by atoms with Gasteiger partial charge in [-0.2, -0.15) is 0 Å². The average molecular weight is 196 g/mol. The zero-order valence-corrected chi connectivity index (χ0v) is 8.74. The van der Waals surface area contributed by atoms with Crippen LogP contribution in [0.4, 0.5) is 0 Å². The monoisotopic (exact) mass is 196 g/mol. The second-order valence-electron chi connectivity index (χ2n) is 4.41. The van der Waals surface area contributed by atoms with E-state index in [1.165, 1.54) is 25.7 Å². The summed E-state index contributed by atoms with van der Waals surface area (Å²) < 4.78 is 5.38. The van der Waals surface area contributed by atoms with Crippen molar-refractivity contribution in [3.05, 3.63) is 0 Å². The summed E-state index contributed by atoms with van der Waals surface area (Å²) in [7, 11) is 0. The number of rotatable bonds is 2. The Balaban J connectivity index is 1.87. The Morgan fingerprint density at radius 1 is 1.14 bits per heavy atom. The third-order valence-electron chi connectivity index (χ3n) is 3.24. The molecule has 3 nitrogen and oxygen atoms in total. The molecule has 2 aliphatic rings. The number of aliphatic imine (C=N–C) groups is 1. The molecule has 1 unspecified atom stereocenters. The van der Waals surface area contributed by atoms with E-state index >= 15 is 0 Å². The highest BCUT2D eigenvalue weighted by Gasteiger charge is 2.20. The van der Waals surface area contributed by atoms with Crippen LogP contribution in [0, 0.1) is 5.92 Å². The van der Waals surface area contributed by atoms with Crippen molar-refractivity contribution >= 4 is 5.84 Å². The molecule has 3 heteroatoms. The average Bonchev–Trinajstić information content (AvgIpc) is 2.72. The third kappa shape index (κ3) is 2.47. The van der Waals surface area contributed by atoms with E-state index < -0.39 is 0 Å². The minimum absolute atomic E-state index is 0.337. The molecule has 80 valence electrons. The first-order chi connectivity index (χ1) is 6.86. The number of ether oxygens (including phenoxy) is 1. The molecule has 2 N–H and O–H groups in total. The van der Waals surface area contributed by atoms with Crippen LogP contribution in [-0.4, -0.2) is 25.1 Å². The second-order valence-corrected chi connectivity index (χ2v) is 4.41. The van der Waals surface area contributed by atoms with Gasteiger partial charge in [-0.3, -0.25) is 4.99 Å². The summed E-state index contributed by atoms with van der Waals surface area (Å²) in [5, 5.41) is 0. The van der Waals surface area contributed by atoms with Gasteiger partial charge < -0.3 is 10.5 Å². The molecule has 1 atom stereocenters. The molecular formula is C11H20N2O. The third-order valence-corrected chi connectivity index (χ3v) is 3.24. The first kappa shape index (κ1) is 9.97. The number of hydrogen-bond donors (Lipinski definition) is 1. The van der Waals surface area contributed by atoms with Crippen molar-refractivity contribution in [2.24, 2.45) is 16.6 Å². The maximum Gasteiger partial charge on any atom is 0.0972 e. The predicted octanol–water partition coefficient (Wildman–Crippen LogP) is 1.71. The van der Waals surface area contributed by atoms with Crippen molar-refractivity contribution in [2.45, 2.75) is 44.6 Å². The summed E-state index contributed by atoms with van der Waals surface area (Å²) in [6, 6.07) is 0.337. The highest BCUT2D eigenvalue weighted by molar-refractivity contribution is 5.83. The Morgan fingerprint density at radius 3 is 2.57 bits per heavy atom. The van der Waals surface area contributed by atoms with Crippen molar-refractivity contribution < 1.29 is 4.74 Å². The molecule has 14 heavy (non-hydrogen) atoms. The van der Waals surface area contributed by atoms with Gasteiger partial charge in [-0.05, 0) is 25.7 Å². The fourth-order valence-corrected chi connectivity index (χ4v) is 2.36. The van der Waals surface area contributed by atoms with E-state index in [-0.39, 0.29) is 0 Å². The second kappa shape index (κ2) is 4.78. The largest absolute Gasteiger partial charge is 0.387 e. The lowest BCUT2D eigenvalue weighted by molar-refractivity contribution is 0.0827. The van der Waals surface area contributed by atoms with Crippen LogP contribution in [0.2, 0.25) is 0 Å². The van der Waals surface area contributed by atoms with Crippen LogP contribution in [0.1, 0.15) is 38.5 Å². The topological polar surface area (TPSA) is 47.6 Å². The van der Waals surface area contributed by atoms with Gasteiger partial charge >= 0.3 is 0 Å². The van der Waals surface area contributed by atoms with E-state index in [2.05, 4.69) is 4.99 Å². The highest BCUT2D eigenvalue weighted by atomic mass is 16.5. The Kier molecular flexibility index (Phi) is 3.40. The van der Waals surface area contributed by atoms with Gasteiger partial charge in [0.1, 0.15) is 0 Å². The zero-order chi connectivity index (χ0) is 9.80. The van der Waals surface area contributed by atoms with Crippen LogP contribution in [0.3, 0.4) is 0 Å². The summed E-state index contributed by atoms with van der Waals surface area (Å²) in [6.45, 7) is 1.67. The summed E-state index contributed by atoms with van der Waals surface area (Å²) in [6.07, 6.45) is 7.40. The maximum atomic E-state index is 6.00. The molecule has 1 saturated heterocycles. The number of nitrogens with two attached hydrogens (primary N) is 1. The fraction of sp³-hybridized carbons (Fsp3) is 0.909. The predicted molar refractivity (Wildman–Crippen MR) is 57.4 cm³/mol. The lowest BCUT2D eigenvalue weighted by Crippen LogP contribution is -2.28. The van der Waals surface area contributed by atoms with E-state index in [1.807, 2.05) is 0 Å². The van der Waals surface area contributed by atoms with E-state index in [0.717, 1.165) is 31.9 Å². The van der Waals surface area contributed by atoms with Crippen LogP contribution < -0.4 is 5.73 Å². The maximum absolute atomic E-state index is 6.00. The van der Waals surface area contributed by atoms with Crippen molar-refractivity contribution in [2.75, 3.05) is 13.2 Å². The lowest BCUT2D eigenvalue weighted by Gasteiger charge is -2.20. The van der Waals surface area contributed by atoms with Gasteiger partial charge in [0.15, 0.2) is 0 Å². The van der Waals surface area contributed by atoms with Gasteiger partial charge in [0.2, 0.25) is 0 Å². The van der Waals surface area contributed by atoms with Crippen molar-refractivity contribution in [3.8, 4) is 0 Å². The molecule has 0 spiro atoms. The molecule has 0 amide bonds. The molecule has 0 aromatic carbocycles. The van der Waals surface area contributed by atoms with Crippen LogP contribution in [0.5, 0.6) is 0 Å². The SMILES string of the molecule is NC(=NC1CCCOC1)C1CCCC1. The first-order valence-corrected chi connectivity index (χ1v) is 5.77. The molecule has 2 fully saturated rings. The summed E-state index contributed by atoms with van der Waals surface area (Å²) in [4.78, 5) is 4.59. The number of hydrogen-bond acceptors (Lipinski definition) is 2. The summed E-state index contributed by atoms with van der Waals surface area (Å²) in [5.74, 6) is 1.45. The van der Waals surface area contributed by atoms with Crippen molar-refractivity contribution in [3.63, 3.8) is 0 Å². The fourth-order valence-electron chi connectivity index (χ4n) is 2.36. The quantitative estimate of drug-likeness (QED) is 0.540. The van der Waals surface area contributed by atoms with Gasteiger partial charge in [-0.1, -0.05) is 12.8 Å². The normalized spacial score (nSPS) is 30.9. The van der Waals surface area contributed by atoms with Crippen molar-refractivity contribution in [1.29, 1.82) is 0 Å². The molecule has 1 aliphatic heterocycles. The molecule has 0 aromatic heterocycles. The van der Waals surface area contributed by atoms with E-state index in [1.54, 1.807) is 0 Å². The zero-order valence-electron chi connectivity index (χ0n) is 8.74. The number of nitrogens with zero attached hydrogens (tertiary/aromatic N) is 1. The lowest BCUT2D eigenvalue weighted by atomic mass is 10.1. The smallest absolute Gasteiger partial charge is 0.0972 e. The van der Waals surface area contributed by atoms with Crippen LogP contribution in [0.15, 0.2) is 4.99 Å². The van der Waals surface area contributed by atoms with Crippen molar-refractivity contribution in [1.82, 2.24) is 0 Å². The molecular weight excluding hydrogens is 176 g/mol. The molecule has 1 aliphatic carbocycles. The van der Waals surface area contributed by atoms with Gasteiger partial charge in [-0.25, -0.2) is 0 Å². The highest BCUT2D eigenvalue weighted by Crippen LogP contribution is 2.25. The van der Waals surface area contributed by atoms with Gasteiger partial charge in [0.25, 0.3) is 0 Å². The Labute approximate surface area is 85.7 Å². The van der Waals surface area contributed by atoms with Gasteiger partial charge in [-0.15, -0.1) is 0 Å². The van der Waals surface area contributed by atoms with E-state index in [0.29, 0.717) is 12.0 Å². The van der Waals surface area contributed by atoms with E-state index in [4.69, 9.17) is 10.5 Å². The summed E-state index contributed by atoms with van der Waals surface area (Å²) >= 11 is 0. The van der Waals surface area contributed by atoms with Crippen LogP contribution >= 0.6 is 0 Å². The summed E-state index contributed by atoms with van der Waals surface area (Å²) in [5.41, 5.74) is 6.00. The molecule has 1 saturated carbocycles. The van der Waals surface area contributed by atoms with Gasteiger partial charge in [0, 0.05) is 12.5 Å². The molecule has 1 heterocycles. The molecule has 2 rings (SSSR count). The Bertz CT molecular complexity index is 203.